The lowest BCUT2D eigenvalue weighted by Gasteiger charge is -2.09. The molecule has 0 radical (unpaired) electrons. The molecule has 3 nitrogen and oxygen atoms in total. The molecule has 0 amide bonds. The Kier molecular flexibility index (Phi) is 6.20. The van der Waals surface area contributed by atoms with Gasteiger partial charge in [0.1, 0.15) is 0 Å². The molecule has 0 saturated heterocycles. The Balaban J connectivity index is 3.44. The van der Waals surface area contributed by atoms with Crippen LogP contribution in [0, 0.1) is 5.41 Å². The van der Waals surface area contributed by atoms with E-state index >= 15 is 0 Å². The topological polar surface area (TPSA) is 36.8 Å². The van der Waals surface area contributed by atoms with Gasteiger partial charge in [0.15, 0.2) is 0 Å². The van der Waals surface area contributed by atoms with Gasteiger partial charge in [-0.3, -0.25) is 5.43 Å². The lowest BCUT2D eigenvalue weighted by Crippen LogP contribution is -2.02. The zero-order valence-corrected chi connectivity index (χ0v) is 9.17. The molecule has 0 atom stereocenters. The van der Waals surface area contributed by atoms with Crippen LogP contribution in [0.2, 0.25) is 0 Å². The second-order valence-corrected chi connectivity index (χ2v) is 4.15. The molecule has 0 fully saturated rings. The maximum atomic E-state index is 3.94. The highest BCUT2D eigenvalue weighted by molar-refractivity contribution is 4.89. The highest BCUT2D eigenvalue weighted by Crippen LogP contribution is 2.13. The van der Waals surface area contributed by atoms with Crippen LogP contribution >= 0.6 is 0 Å². The van der Waals surface area contributed by atoms with Crippen LogP contribution < -0.4 is 5.43 Å². The molecule has 0 spiro atoms. The van der Waals surface area contributed by atoms with E-state index in [1.807, 2.05) is 6.20 Å². The molecule has 0 aliphatic carbocycles. The number of rotatable bonds is 5. The number of nitrogens with zero attached hydrogens (tertiary/aromatic N) is 2. The minimum Gasteiger partial charge on any atom is -0.268 e. The standard InChI is InChI=1S/C10H21N3/c1-5-6-8-11-13-12-9-7-10(2,3)4/h7,9H,5-6,8H2,1-4H3,(H,11,12)/b9-7+. The fourth-order valence-electron chi connectivity index (χ4n) is 0.640. The minimum atomic E-state index is 0.200. The van der Waals surface area contributed by atoms with E-state index < -0.39 is 0 Å². The van der Waals surface area contributed by atoms with Crippen molar-refractivity contribution in [1.29, 1.82) is 0 Å². The van der Waals surface area contributed by atoms with Gasteiger partial charge in [-0.25, -0.2) is 0 Å². The fourth-order valence-corrected chi connectivity index (χ4v) is 0.640. The molecule has 0 saturated carbocycles. The molecule has 1 N–H and O–H groups in total. The van der Waals surface area contributed by atoms with Gasteiger partial charge in [-0.05, 0) is 11.8 Å². The lowest BCUT2D eigenvalue weighted by molar-refractivity contribution is 0.539. The predicted molar refractivity (Wildman–Crippen MR) is 56.4 cm³/mol. The largest absolute Gasteiger partial charge is 0.268 e. The first-order chi connectivity index (χ1) is 6.06. The Bertz CT molecular complexity index is 165. The van der Waals surface area contributed by atoms with Crippen molar-refractivity contribution in [3.63, 3.8) is 0 Å². The quantitative estimate of drug-likeness (QED) is 0.396. The molecule has 0 aromatic carbocycles. The van der Waals surface area contributed by atoms with E-state index in [2.05, 4.69) is 49.5 Å². The van der Waals surface area contributed by atoms with Crippen molar-refractivity contribution >= 4 is 0 Å². The average Bonchev–Trinajstić information content (AvgIpc) is 2.01. The molecular formula is C10H21N3. The van der Waals surface area contributed by atoms with E-state index in [9.17, 15) is 0 Å². The smallest absolute Gasteiger partial charge is 0.0620 e. The summed E-state index contributed by atoms with van der Waals surface area (Å²) < 4.78 is 0. The van der Waals surface area contributed by atoms with Crippen molar-refractivity contribution in [2.45, 2.75) is 40.5 Å². The van der Waals surface area contributed by atoms with Crippen LogP contribution in [0.1, 0.15) is 40.5 Å². The highest BCUT2D eigenvalue weighted by atomic mass is 15.4. The summed E-state index contributed by atoms with van der Waals surface area (Å²) >= 11 is 0. The van der Waals surface area contributed by atoms with Gasteiger partial charge >= 0.3 is 0 Å². The first-order valence-electron chi connectivity index (χ1n) is 4.86. The molecule has 0 rings (SSSR count). The Hall–Kier alpha value is -0.860. The van der Waals surface area contributed by atoms with Crippen molar-refractivity contribution < 1.29 is 0 Å². The van der Waals surface area contributed by atoms with Crippen molar-refractivity contribution in [3.05, 3.63) is 12.3 Å². The number of hydrogen-bond donors (Lipinski definition) is 1. The van der Waals surface area contributed by atoms with Crippen LogP contribution in [0.5, 0.6) is 0 Å². The summed E-state index contributed by atoms with van der Waals surface area (Å²) in [5.74, 6) is 0. The minimum absolute atomic E-state index is 0.200. The molecule has 0 heterocycles. The summed E-state index contributed by atoms with van der Waals surface area (Å²) in [5, 5.41) is 7.74. The van der Waals surface area contributed by atoms with Crippen LogP contribution in [-0.4, -0.2) is 6.54 Å². The van der Waals surface area contributed by atoms with Crippen LogP contribution in [0.15, 0.2) is 22.6 Å². The third-order valence-electron chi connectivity index (χ3n) is 1.40. The maximum Gasteiger partial charge on any atom is 0.0620 e. The fraction of sp³-hybridized carbons (Fsp3) is 0.800. The van der Waals surface area contributed by atoms with Gasteiger partial charge in [-0.2, -0.15) is 5.11 Å². The van der Waals surface area contributed by atoms with E-state index in [-0.39, 0.29) is 5.41 Å². The zero-order valence-electron chi connectivity index (χ0n) is 9.17. The third kappa shape index (κ3) is 11.1. The van der Waals surface area contributed by atoms with Crippen LogP contribution in [-0.2, 0) is 0 Å². The first kappa shape index (κ1) is 12.1. The Labute approximate surface area is 81.3 Å². The average molecular weight is 183 g/mol. The van der Waals surface area contributed by atoms with Crippen LogP contribution in [0.4, 0.5) is 0 Å². The first-order valence-corrected chi connectivity index (χ1v) is 4.86. The van der Waals surface area contributed by atoms with Gasteiger partial charge < -0.3 is 0 Å². The summed E-state index contributed by atoms with van der Waals surface area (Å²) in [6.07, 6.45) is 6.16. The molecule has 76 valence electrons. The second kappa shape index (κ2) is 6.63. The lowest BCUT2D eigenvalue weighted by atomic mass is 9.97. The monoisotopic (exact) mass is 183 g/mol. The van der Waals surface area contributed by atoms with Crippen molar-refractivity contribution in [2.75, 3.05) is 6.54 Å². The third-order valence-corrected chi connectivity index (χ3v) is 1.40. The second-order valence-electron chi connectivity index (χ2n) is 4.15. The number of unbranched alkanes of at least 4 members (excludes halogenated alkanes) is 1. The van der Waals surface area contributed by atoms with E-state index in [0.717, 1.165) is 19.4 Å². The number of allylic oxidation sites excluding steroid dienone is 1. The molecular weight excluding hydrogens is 162 g/mol. The Morgan fingerprint density at radius 3 is 2.54 bits per heavy atom. The maximum absolute atomic E-state index is 3.94. The molecule has 0 aromatic rings. The molecule has 0 aliphatic heterocycles. The molecule has 0 aromatic heterocycles. The van der Waals surface area contributed by atoms with Gasteiger partial charge in [0.2, 0.25) is 0 Å². The summed E-state index contributed by atoms with van der Waals surface area (Å²) in [6.45, 7) is 9.37. The van der Waals surface area contributed by atoms with E-state index in [4.69, 9.17) is 0 Å². The van der Waals surface area contributed by atoms with Crippen molar-refractivity contribution in [3.8, 4) is 0 Å². The van der Waals surface area contributed by atoms with Gasteiger partial charge in [0.05, 0.1) is 6.54 Å². The predicted octanol–water partition coefficient (Wildman–Crippen LogP) is 3.30. The van der Waals surface area contributed by atoms with Gasteiger partial charge in [0, 0.05) is 6.20 Å². The van der Waals surface area contributed by atoms with Crippen molar-refractivity contribution in [2.24, 2.45) is 15.8 Å². The molecule has 13 heavy (non-hydrogen) atoms. The highest BCUT2D eigenvalue weighted by Gasteiger charge is 2.02. The molecule has 0 unspecified atom stereocenters. The molecule has 0 aliphatic rings. The van der Waals surface area contributed by atoms with E-state index in [0.29, 0.717) is 0 Å². The summed E-state index contributed by atoms with van der Waals surface area (Å²) in [5.41, 5.74) is 2.98. The van der Waals surface area contributed by atoms with Crippen LogP contribution in [0.3, 0.4) is 0 Å². The molecule has 3 heteroatoms. The summed E-state index contributed by atoms with van der Waals surface area (Å²) in [6, 6.07) is 0. The zero-order chi connectivity index (χ0) is 10.2. The van der Waals surface area contributed by atoms with Crippen molar-refractivity contribution in [1.82, 2.24) is 5.43 Å². The normalized spacial score (nSPS) is 12.9. The Morgan fingerprint density at radius 1 is 1.31 bits per heavy atom. The summed E-state index contributed by atoms with van der Waals surface area (Å²) in [4.78, 5) is 0. The van der Waals surface area contributed by atoms with Gasteiger partial charge in [-0.1, -0.05) is 45.4 Å². The van der Waals surface area contributed by atoms with Gasteiger partial charge in [0.25, 0.3) is 0 Å². The Morgan fingerprint density at radius 2 is 2.00 bits per heavy atom. The number of hydrogen-bond acceptors (Lipinski definition) is 2. The summed E-state index contributed by atoms with van der Waals surface area (Å²) in [7, 11) is 0. The van der Waals surface area contributed by atoms with Gasteiger partial charge in [-0.15, -0.1) is 0 Å². The SMILES string of the molecule is CCCCN=NN/C=C/C(C)(C)C. The number of nitrogens with one attached hydrogen (secondary N) is 1. The molecule has 0 bridgehead atoms. The van der Waals surface area contributed by atoms with Crippen LogP contribution in [0.25, 0.3) is 0 Å². The van der Waals surface area contributed by atoms with E-state index in [1.165, 1.54) is 0 Å². The van der Waals surface area contributed by atoms with E-state index in [1.54, 1.807) is 0 Å².